The van der Waals surface area contributed by atoms with E-state index in [1.54, 1.807) is 0 Å². The number of halogens is 1. The van der Waals surface area contributed by atoms with Gasteiger partial charge in [0.25, 0.3) is 0 Å². The van der Waals surface area contributed by atoms with E-state index < -0.39 is 0 Å². The molecule has 2 aliphatic heterocycles. The summed E-state index contributed by atoms with van der Waals surface area (Å²) >= 11 is 0. The molecule has 1 unspecified atom stereocenters. The number of morpholine rings is 1. The number of ether oxygens (including phenoxy) is 2. The van der Waals surface area contributed by atoms with Gasteiger partial charge in [0.1, 0.15) is 18.2 Å². The van der Waals surface area contributed by atoms with Crippen molar-refractivity contribution in [3.8, 4) is 5.75 Å². The smallest absolute Gasteiger partial charge is 0.177 e. The van der Waals surface area contributed by atoms with Gasteiger partial charge in [0.2, 0.25) is 0 Å². The Kier molecular flexibility index (Phi) is 6.56. The van der Waals surface area contributed by atoms with Crippen molar-refractivity contribution in [2.75, 3.05) is 46.0 Å². The second kappa shape index (κ2) is 9.09. The highest BCUT2D eigenvalue weighted by atomic mass is 19.1. The van der Waals surface area contributed by atoms with Crippen LogP contribution in [-0.2, 0) is 4.74 Å². The Morgan fingerprint density at radius 2 is 2.12 bits per heavy atom. The van der Waals surface area contributed by atoms with Gasteiger partial charge in [0, 0.05) is 37.3 Å². The quantitative estimate of drug-likeness (QED) is 0.755. The normalized spacial score (nSPS) is 22.2. The van der Waals surface area contributed by atoms with Crippen molar-refractivity contribution < 1.29 is 13.9 Å². The standard InChI is InChI=1S/C18H26FN5O2/c1-2-24-18(23-7-9-25-10-8-23)21-17(22-24)15-3-5-16(6-4-15)26-13-14(11-19)12-20/h3-6,11,18H,2,7-10,12-13,20H2,1H3,(H,21,22)/b14-11+. The van der Waals surface area contributed by atoms with Gasteiger partial charge in [-0.15, -0.1) is 0 Å². The minimum Gasteiger partial charge on any atom is -0.489 e. The zero-order chi connectivity index (χ0) is 18.4. The number of hydrogen-bond donors (Lipinski definition) is 2. The molecule has 3 rings (SSSR count). The van der Waals surface area contributed by atoms with Crippen LogP contribution < -0.4 is 15.9 Å². The molecule has 1 aromatic rings. The van der Waals surface area contributed by atoms with Crippen molar-refractivity contribution in [2.45, 2.75) is 13.2 Å². The second-order valence-electron chi connectivity index (χ2n) is 6.15. The molecule has 3 N–H and O–H groups in total. The van der Waals surface area contributed by atoms with Crippen LogP contribution in [0.2, 0.25) is 0 Å². The van der Waals surface area contributed by atoms with Crippen LogP contribution in [0.15, 0.2) is 41.2 Å². The van der Waals surface area contributed by atoms with Crippen LogP contribution in [0.5, 0.6) is 5.75 Å². The van der Waals surface area contributed by atoms with E-state index in [4.69, 9.17) is 20.2 Å². The van der Waals surface area contributed by atoms with Crippen molar-refractivity contribution >= 4 is 5.84 Å². The molecule has 0 aliphatic carbocycles. The lowest BCUT2D eigenvalue weighted by atomic mass is 10.2. The fourth-order valence-corrected chi connectivity index (χ4v) is 2.90. The predicted molar refractivity (Wildman–Crippen MR) is 98.4 cm³/mol. The molecule has 142 valence electrons. The largest absolute Gasteiger partial charge is 0.489 e. The first-order valence-electron chi connectivity index (χ1n) is 8.89. The summed E-state index contributed by atoms with van der Waals surface area (Å²) in [7, 11) is 0. The van der Waals surface area contributed by atoms with E-state index in [1.807, 2.05) is 24.3 Å². The Morgan fingerprint density at radius 3 is 2.73 bits per heavy atom. The van der Waals surface area contributed by atoms with Gasteiger partial charge in [-0.3, -0.25) is 10.3 Å². The lowest BCUT2D eigenvalue weighted by Crippen LogP contribution is -2.52. The number of hydrazine groups is 1. The van der Waals surface area contributed by atoms with E-state index in [2.05, 4.69) is 22.3 Å². The highest BCUT2D eigenvalue weighted by molar-refractivity contribution is 5.99. The molecule has 26 heavy (non-hydrogen) atoms. The number of rotatable bonds is 7. The van der Waals surface area contributed by atoms with Gasteiger partial charge in [-0.25, -0.2) is 9.38 Å². The van der Waals surface area contributed by atoms with Crippen LogP contribution in [0.25, 0.3) is 0 Å². The minimum absolute atomic E-state index is 0.0170. The maximum Gasteiger partial charge on any atom is 0.177 e. The molecule has 0 aromatic heterocycles. The highest BCUT2D eigenvalue weighted by Crippen LogP contribution is 2.19. The molecule has 0 amide bonds. The average molecular weight is 363 g/mol. The summed E-state index contributed by atoms with van der Waals surface area (Å²) in [5, 5.41) is 2.12. The number of nitrogens with zero attached hydrogens (tertiary/aromatic N) is 3. The minimum atomic E-state index is -0.0170. The fraction of sp³-hybridized carbons (Fsp3) is 0.500. The van der Waals surface area contributed by atoms with Crippen LogP contribution in [0.1, 0.15) is 12.5 Å². The van der Waals surface area contributed by atoms with Gasteiger partial charge in [0.15, 0.2) is 6.29 Å². The average Bonchev–Trinajstić information content (AvgIpc) is 3.14. The number of benzene rings is 1. The van der Waals surface area contributed by atoms with Crippen molar-refractivity contribution in [1.82, 2.24) is 15.3 Å². The molecule has 2 aliphatic rings. The SMILES string of the molecule is CCN1NC(c2ccc(OC/C(=C/F)CN)cc2)=NC1N1CCOCC1. The van der Waals surface area contributed by atoms with E-state index in [0.29, 0.717) is 17.7 Å². The first-order valence-corrected chi connectivity index (χ1v) is 8.89. The predicted octanol–water partition coefficient (Wildman–Crippen LogP) is 1.08. The number of hydrogen-bond acceptors (Lipinski definition) is 7. The van der Waals surface area contributed by atoms with Crippen LogP contribution in [0, 0.1) is 0 Å². The monoisotopic (exact) mass is 363 g/mol. The highest BCUT2D eigenvalue weighted by Gasteiger charge is 2.31. The lowest BCUT2D eigenvalue weighted by Gasteiger charge is -2.34. The van der Waals surface area contributed by atoms with Crippen LogP contribution in [-0.4, -0.2) is 68.0 Å². The Labute approximate surface area is 153 Å². The summed E-state index contributed by atoms with van der Waals surface area (Å²) in [4.78, 5) is 7.16. The Hall–Kier alpha value is -2.00. The summed E-state index contributed by atoms with van der Waals surface area (Å²) < 4.78 is 23.5. The molecule has 0 saturated carbocycles. The van der Waals surface area contributed by atoms with Crippen molar-refractivity contribution in [3.05, 3.63) is 41.7 Å². The van der Waals surface area contributed by atoms with Crippen molar-refractivity contribution in [2.24, 2.45) is 10.7 Å². The zero-order valence-corrected chi connectivity index (χ0v) is 15.0. The molecule has 2 heterocycles. The molecule has 1 saturated heterocycles. The molecule has 8 heteroatoms. The van der Waals surface area contributed by atoms with Gasteiger partial charge in [-0.1, -0.05) is 6.92 Å². The molecule has 7 nitrogen and oxygen atoms in total. The molecular formula is C18H26FN5O2. The number of aliphatic imine (C=N–C) groups is 1. The molecule has 1 aromatic carbocycles. The lowest BCUT2D eigenvalue weighted by molar-refractivity contribution is -0.0297. The molecule has 0 spiro atoms. The molecule has 0 radical (unpaired) electrons. The summed E-state index contributed by atoms with van der Waals surface area (Å²) in [5.74, 6) is 1.50. The number of nitrogens with two attached hydrogens (primary N) is 1. The first kappa shape index (κ1) is 18.8. The van der Waals surface area contributed by atoms with E-state index >= 15 is 0 Å². The van der Waals surface area contributed by atoms with Crippen molar-refractivity contribution in [1.29, 1.82) is 0 Å². The Morgan fingerprint density at radius 1 is 1.38 bits per heavy atom. The molecular weight excluding hydrogens is 337 g/mol. The van der Waals surface area contributed by atoms with Gasteiger partial charge in [-0.05, 0) is 24.3 Å². The van der Waals surface area contributed by atoms with Gasteiger partial charge >= 0.3 is 0 Å². The second-order valence-corrected chi connectivity index (χ2v) is 6.15. The maximum absolute atomic E-state index is 12.5. The summed E-state index contributed by atoms with van der Waals surface area (Å²) in [6, 6.07) is 7.59. The van der Waals surface area contributed by atoms with Gasteiger partial charge in [-0.2, -0.15) is 5.01 Å². The summed E-state index contributed by atoms with van der Waals surface area (Å²) in [6.45, 7) is 6.46. The molecule has 1 fully saturated rings. The number of amidine groups is 1. The summed E-state index contributed by atoms with van der Waals surface area (Å²) in [5.41, 5.74) is 10.2. The van der Waals surface area contributed by atoms with Crippen LogP contribution in [0.4, 0.5) is 4.39 Å². The first-order chi connectivity index (χ1) is 12.7. The zero-order valence-electron chi connectivity index (χ0n) is 15.0. The van der Waals surface area contributed by atoms with Crippen LogP contribution >= 0.6 is 0 Å². The third-order valence-electron chi connectivity index (χ3n) is 4.45. The van der Waals surface area contributed by atoms with Crippen molar-refractivity contribution in [3.63, 3.8) is 0 Å². The van der Waals surface area contributed by atoms with E-state index in [9.17, 15) is 4.39 Å². The molecule has 0 bridgehead atoms. The maximum atomic E-state index is 12.5. The third kappa shape index (κ3) is 4.39. The van der Waals surface area contributed by atoms with Gasteiger partial charge < -0.3 is 15.2 Å². The van der Waals surface area contributed by atoms with E-state index in [0.717, 1.165) is 44.2 Å². The van der Waals surface area contributed by atoms with E-state index in [-0.39, 0.29) is 19.4 Å². The van der Waals surface area contributed by atoms with E-state index in [1.165, 1.54) is 0 Å². The fourth-order valence-electron chi connectivity index (χ4n) is 2.90. The Balaban J connectivity index is 1.66. The molecule has 1 atom stereocenters. The van der Waals surface area contributed by atoms with Gasteiger partial charge in [0.05, 0.1) is 19.5 Å². The number of nitrogens with one attached hydrogen (secondary N) is 1. The third-order valence-corrected chi connectivity index (χ3v) is 4.45. The summed E-state index contributed by atoms with van der Waals surface area (Å²) in [6.07, 6.45) is 0.480. The Bertz CT molecular complexity index is 643. The van der Waals surface area contributed by atoms with Crippen LogP contribution in [0.3, 0.4) is 0 Å². The topological polar surface area (TPSA) is 75.3 Å².